The van der Waals surface area contributed by atoms with E-state index in [-0.39, 0.29) is 40.7 Å². The molecule has 1 amide bonds. The standard InChI is InChI=1S/C31H31N3O4.BrH/c35-27(23-11-12-26-24(17-23)18-29(36)33-26)19-34-15-13-21(14-16-34)28(20-34)38-31(37)30(22-7-3-1-4-8-22)32-25-9-5-2-6-10-25;/h1-12,17,21,28,30,32H,13-16,18-20H2;1H/t21?,28-,30+,34?;/m0./s1. The van der Waals surface area contributed by atoms with Crippen LogP contribution in [0.15, 0.2) is 78.9 Å². The lowest BCUT2D eigenvalue weighted by Crippen LogP contribution is -3.00. The number of para-hydroxylation sites is 1. The number of nitrogens with zero attached hydrogens (tertiary/aromatic N) is 1. The molecule has 0 aliphatic carbocycles. The van der Waals surface area contributed by atoms with E-state index in [1.54, 1.807) is 6.07 Å². The van der Waals surface area contributed by atoms with Gasteiger partial charge in [-0.1, -0.05) is 48.5 Å². The first kappa shape index (κ1) is 27.1. The summed E-state index contributed by atoms with van der Waals surface area (Å²) in [5.74, 6) is 0.0635. The number of Topliss-reactive ketones (excluding diaryl/α,β-unsaturated/α-hetero) is 1. The SMILES string of the molecule is O=C1Cc2cc(C(=O)C[N+]34CCC(CC3)[C@@H](OC(=O)[C@H](Nc3ccccc3)c3ccccc3)C4)ccc2N1.[Br-]. The molecule has 2 atom stereocenters. The van der Waals surface area contributed by atoms with E-state index < -0.39 is 6.04 Å². The highest BCUT2D eigenvalue weighted by Gasteiger charge is 2.49. The van der Waals surface area contributed by atoms with E-state index in [0.717, 1.165) is 48.4 Å². The Bertz CT molecular complexity index is 1360. The van der Waals surface area contributed by atoms with Crippen molar-refractivity contribution in [3.05, 3.63) is 95.6 Å². The maximum Gasteiger partial charge on any atom is 0.333 e. The molecule has 4 heterocycles. The summed E-state index contributed by atoms with van der Waals surface area (Å²) in [7, 11) is 0. The van der Waals surface area contributed by atoms with Crippen molar-refractivity contribution in [1.29, 1.82) is 0 Å². The first-order valence-corrected chi connectivity index (χ1v) is 13.4. The zero-order valence-corrected chi connectivity index (χ0v) is 23.2. The lowest BCUT2D eigenvalue weighted by atomic mass is 9.82. The fourth-order valence-corrected chi connectivity index (χ4v) is 6.22. The van der Waals surface area contributed by atoms with Crippen molar-refractivity contribution in [2.75, 3.05) is 36.8 Å². The van der Waals surface area contributed by atoms with Crippen LogP contribution >= 0.6 is 0 Å². The third-order valence-electron chi connectivity index (χ3n) is 8.29. The molecule has 0 saturated carbocycles. The van der Waals surface area contributed by atoms with Crippen LogP contribution in [0, 0.1) is 5.92 Å². The average Bonchev–Trinajstić information content (AvgIpc) is 3.32. The minimum absolute atomic E-state index is 0. The predicted octanol–water partition coefficient (Wildman–Crippen LogP) is 1.37. The molecule has 3 saturated heterocycles. The molecule has 0 spiro atoms. The molecule has 3 aromatic carbocycles. The van der Waals surface area contributed by atoms with Crippen LogP contribution in [0.4, 0.5) is 11.4 Å². The second-order valence-electron chi connectivity index (χ2n) is 10.8. The van der Waals surface area contributed by atoms with Crippen LogP contribution in [0.1, 0.15) is 40.4 Å². The van der Waals surface area contributed by atoms with E-state index in [9.17, 15) is 14.4 Å². The van der Waals surface area contributed by atoms with Gasteiger partial charge in [-0.25, -0.2) is 4.79 Å². The Kier molecular flexibility index (Phi) is 7.86. The average molecular weight is 591 g/mol. The molecular formula is C31H32BrN3O4. The number of hydrogen-bond donors (Lipinski definition) is 2. The molecule has 0 aromatic heterocycles. The lowest BCUT2D eigenvalue weighted by molar-refractivity contribution is -0.938. The quantitative estimate of drug-likeness (QED) is 0.235. The summed E-state index contributed by atoms with van der Waals surface area (Å²) < 4.78 is 6.87. The van der Waals surface area contributed by atoms with Crippen molar-refractivity contribution in [3.8, 4) is 0 Å². The smallest absolute Gasteiger partial charge is 0.333 e. The highest BCUT2D eigenvalue weighted by Crippen LogP contribution is 2.37. The summed E-state index contributed by atoms with van der Waals surface area (Å²) in [6.07, 6.45) is 1.98. The minimum Gasteiger partial charge on any atom is -1.00 e. The summed E-state index contributed by atoms with van der Waals surface area (Å²) in [6.45, 7) is 2.87. The number of ketones is 1. The number of hydrogen-bond acceptors (Lipinski definition) is 5. The number of carbonyl (C=O) groups is 3. The topological polar surface area (TPSA) is 84.5 Å². The molecule has 4 aliphatic rings. The zero-order chi connectivity index (χ0) is 26.1. The first-order chi connectivity index (χ1) is 18.5. The maximum atomic E-state index is 13.6. The van der Waals surface area contributed by atoms with Gasteiger partial charge in [-0.3, -0.25) is 9.59 Å². The number of halogens is 1. The van der Waals surface area contributed by atoms with Gasteiger partial charge in [0, 0.05) is 35.7 Å². The molecular weight excluding hydrogens is 558 g/mol. The number of quaternary nitrogens is 1. The van der Waals surface area contributed by atoms with Gasteiger partial charge < -0.3 is 36.8 Å². The van der Waals surface area contributed by atoms with Crippen LogP contribution in [-0.2, 0) is 20.7 Å². The molecule has 0 unspecified atom stereocenters. The van der Waals surface area contributed by atoms with E-state index >= 15 is 0 Å². The van der Waals surface area contributed by atoms with E-state index in [1.165, 1.54) is 0 Å². The maximum absolute atomic E-state index is 13.6. The molecule has 2 N–H and O–H groups in total. The van der Waals surface area contributed by atoms with Crippen LogP contribution in [0.2, 0.25) is 0 Å². The molecule has 8 heteroatoms. The van der Waals surface area contributed by atoms with Crippen LogP contribution in [0.3, 0.4) is 0 Å². The second kappa shape index (κ2) is 11.3. The monoisotopic (exact) mass is 589 g/mol. The number of anilines is 2. The normalized spacial score (nSPS) is 23.6. The molecule has 39 heavy (non-hydrogen) atoms. The van der Waals surface area contributed by atoms with Crippen LogP contribution in [0.5, 0.6) is 0 Å². The van der Waals surface area contributed by atoms with Crippen LogP contribution in [-0.4, -0.2) is 54.4 Å². The Balaban J connectivity index is 0.00000308. The van der Waals surface area contributed by atoms with Gasteiger partial charge in [-0.2, -0.15) is 0 Å². The number of piperidine rings is 3. The van der Waals surface area contributed by atoms with Crippen molar-refractivity contribution in [2.45, 2.75) is 31.4 Å². The number of carbonyl (C=O) groups excluding carboxylic acids is 3. The van der Waals surface area contributed by atoms with Crippen molar-refractivity contribution >= 4 is 29.0 Å². The number of fused-ring (bicyclic) bond motifs is 4. The fourth-order valence-electron chi connectivity index (χ4n) is 6.22. The molecule has 2 bridgehead atoms. The number of amides is 1. The summed E-state index contributed by atoms with van der Waals surface area (Å²) in [4.78, 5) is 38.7. The summed E-state index contributed by atoms with van der Waals surface area (Å²) in [5, 5.41) is 6.17. The molecule has 0 radical (unpaired) electrons. The van der Waals surface area contributed by atoms with Crippen molar-refractivity contribution in [3.63, 3.8) is 0 Å². The highest BCUT2D eigenvalue weighted by atomic mass is 79.9. The Labute approximate surface area is 238 Å². The third-order valence-corrected chi connectivity index (χ3v) is 8.29. The highest BCUT2D eigenvalue weighted by molar-refractivity contribution is 6.02. The lowest BCUT2D eigenvalue weighted by Gasteiger charge is -2.51. The molecule has 3 fully saturated rings. The van der Waals surface area contributed by atoms with Gasteiger partial charge in [0.2, 0.25) is 11.7 Å². The molecule has 202 valence electrons. The molecule has 4 aliphatic heterocycles. The molecule has 7 nitrogen and oxygen atoms in total. The Hall–Kier alpha value is -3.49. The Morgan fingerprint density at radius 2 is 1.67 bits per heavy atom. The zero-order valence-electron chi connectivity index (χ0n) is 21.6. The number of benzene rings is 3. The first-order valence-electron chi connectivity index (χ1n) is 13.4. The van der Waals surface area contributed by atoms with Gasteiger partial charge >= 0.3 is 5.97 Å². The number of esters is 1. The van der Waals surface area contributed by atoms with Gasteiger partial charge in [-0.15, -0.1) is 0 Å². The Morgan fingerprint density at radius 1 is 0.974 bits per heavy atom. The minimum atomic E-state index is -0.619. The van der Waals surface area contributed by atoms with E-state index in [0.29, 0.717) is 35.5 Å². The van der Waals surface area contributed by atoms with Crippen molar-refractivity contribution < 1.29 is 40.6 Å². The van der Waals surface area contributed by atoms with E-state index in [4.69, 9.17) is 4.74 Å². The summed E-state index contributed by atoms with van der Waals surface area (Å²) in [5.41, 5.74) is 4.02. The van der Waals surface area contributed by atoms with Gasteiger partial charge in [0.25, 0.3) is 0 Å². The van der Waals surface area contributed by atoms with E-state index in [1.807, 2.05) is 72.8 Å². The Morgan fingerprint density at radius 3 is 2.38 bits per heavy atom. The largest absolute Gasteiger partial charge is 1.00 e. The molecule has 7 rings (SSSR count). The van der Waals surface area contributed by atoms with Crippen LogP contribution < -0.4 is 27.6 Å². The number of nitrogens with one attached hydrogen (secondary N) is 2. The van der Waals surface area contributed by atoms with Gasteiger partial charge in [0.15, 0.2) is 12.1 Å². The van der Waals surface area contributed by atoms with Crippen LogP contribution in [0.25, 0.3) is 0 Å². The van der Waals surface area contributed by atoms with Gasteiger partial charge in [-0.05, 0) is 41.5 Å². The van der Waals surface area contributed by atoms with Crippen molar-refractivity contribution in [2.24, 2.45) is 5.92 Å². The summed E-state index contributed by atoms with van der Waals surface area (Å²) >= 11 is 0. The second-order valence-corrected chi connectivity index (χ2v) is 10.8. The fraction of sp³-hybridized carbons (Fsp3) is 0.323. The van der Waals surface area contributed by atoms with E-state index in [2.05, 4.69) is 10.6 Å². The number of ether oxygens (including phenoxy) is 1. The van der Waals surface area contributed by atoms with Gasteiger partial charge in [0.1, 0.15) is 13.1 Å². The predicted molar refractivity (Wildman–Crippen MR) is 145 cm³/mol. The third kappa shape index (κ3) is 5.77. The number of rotatable bonds is 8. The van der Waals surface area contributed by atoms with Crippen molar-refractivity contribution in [1.82, 2.24) is 0 Å². The summed E-state index contributed by atoms with van der Waals surface area (Å²) in [6, 6.07) is 24.2. The molecule has 3 aromatic rings. The van der Waals surface area contributed by atoms with Gasteiger partial charge in [0.05, 0.1) is 19.5 Å².